The van der Waals surface area contributed by atoms with Gasteiger partial charge in [-0.15, -0.1) is 0 Å². The zero-order chi connectivity index (χ0) is 11.4. The van der Waals surface area contributed by atoms with E-state index in [4.69, 9.17) is 4.84 Å². The lowest BCUT2D eigenvalue weighted by molar-refractivity contribution is 0.143. The van der Waals surface area contributed by atoms with Gasteiger partial charge in [0.15, 0.2) is 0 Å². The standard InChI is InChI=1S/C9H14N3OP3/c1-8(2)16-11-14-10-15-12(16)13-9-6-4-3-5-7-9/h3-7,10-11,14-15H,1H2,2H3. The largest absolute Gasteiger partial charge is 0.396 e. The Balaban J connectivity index is 2.04. The number of para-hydroxylation sites is 1. The van der Waals surface area contributed by atoms with E-state index in [1.165, 1.54) is 0 Å². The van der Waals surface area contributed by atoms with E-state index in [-0.39, 0.29) is 0 Å². The molecule has 1 heterocycles. The molecule has 0 saturated carbocycles. The first-order valence-corrected chi connectivity index (χ1v) is 8.01. The highest BCUT2D eigenvalue weighted by Gasteiger charge is 2.24. The van der Waals surface area contributed by atoms with E-state index in [0.29, 0.717) is 17.8 Å². The maximum atomic E-state index is 5.82. The number of hydrogen-bond acceptors (Lipinski definition) is 4. The summed E-state index contributed by atoms with van der Waals surface area (Å²) in [6, 6.07) is 9.81. The summed E-state index contributed by atoms with van der Waals surface area (Å²) in [5.41, 5.74) is 0. The van der Waals surface area contributed by atoms with Gasteiger partial charge < -0.3 is 4.84 Å². The lowest BCUT2D eigenvalue weighted by atomic mass is 10.3. The van der Waals surface area contributed by atoms with Gasteiger partial charge in [0.2, 0.25) is 0 Å². The van der Waals surface area contributed by atoms with E-state index in [9.17, 15) is 0 Å². The average molecular weight is 273 g/mol. The van der Waals surface area contributed by atoms with Crippen molar-refractivity contribution in [3.8, 4) is 5.75 Å². The van der Waals surface area contributed by atoms with Gasteiger partial charge in [-0.2, -0.15) is 0 Å². The quantitative estimate of drug-likeness (QED) is 0.828. The molecular formula is C9H14N3OP3. The number of allylic oxidation sites excluding steroid dienone is 1. The van der Waals surface area contributed by atoms with Gasteiger partial charge in [0, 0.05) is 8.88 Å². The van der Waals surface area contributed by atoms with Crippen LogP contribution in [-0.2, 0) is 0 Å². The molecule has 1 aliphatic rings. The molecule has 1 fully saturated rings. The van der Waals surface area contributed by atoms with E-state index in [2.05, 4.69) is 16.3 Å². The Hall–Kier alpha value is -0.0700. The highest BCUT2D eigenvalue weighted by Crippen LogP contribution is 2.55. The Kier molecular flexibility index (Phi) is 4.66. The van der Waals surface area contributed by atoms with Crippen molar-refractivity contribution in [2.45, 2.75) is 6.92 Å². The fourth-order valence-corrected chi connectivity index (χ4v) is 6.48. The van der Waals surface area contributed by atoms with Crippen molar-refractivity contribution in [3.05, 3.63) is 42.2 Å². The van der Waals surface area contributed by atoms with Crippen LogP contribution in [0.1, 0.15) is 6.92 Å². The van der Waals surface area contributed by atoms with Crippen molar-refractivity contribution >= 4 is 26.0 Å². The van der Waals surface area contributed by atoms with Gasteiger partial charge in [-0.3, -0.25) is 4.86 Å². The van der Waals surface area contributed by atoms with Crippen molar-refractivity contribution in [1.29, 1.82) is 0 Å². The predicted octanol–water partition coefficient (Wildman–Crippen LogP) is 3.34. The summed E-state index contributed by atoms with van der Waals surface area (Å²) in [6.45, 7) is 6.02. The van der Waals surface area contributed by atoms with Crippen molar-refractivity contribution in [1.82, 2.24) is 14.3 Å². The Morgan fingerprint density at radius 1 is 1.44 bits per heavy atom. The highest BCUT2D eigenvalue weighted by molar-refractivity contribution is 7.75. The predicted molar refractivity (Wildman–Crippen MR) is 73.5 cm³/mol. The molecule has 3 atom stereocenters. The van der Waals surface area contributed by atoms with E-state index in [1.807, 2.05) is 41.9 Å². The van der Waals surface area contributed by atoms with Crippen molar-refractivity contribution < 1.29 is 4.84 Å². The zero-order valence-corrected chi connectivity index (χ0v) is 11.8. The van der Waals surface area contributed by atoms with Gasteiger partial charge >= 0.3 is 0 Å². The Bertz CT molecular complexity index is 362. The molecule has 0 radical (unpaired) electrons. The minimum atomic E-state index is -0.589. The molecule has 1 aromatic rings. The molecule has 0 spiro atoms. The van der Waals surface area contributed by atoms with Crippen molar-refractivity contribution in [2.75, 3.05) is 0 Å². The first-order valence-electron chi connectivity index (χ1n) is 4.77. The van der Waals surface area contributed by atoms with Crippen LogP contribution in [0.15, 0.2) is 42.2 Å². The molecule has 86 valence electrons. The van der Waals surface area contributed by atoms with Crippen LogP contribution >= 0.6 is 26.0 Å². The molecule has 0 amide bonds. The molecular weight excluding hydrogens is 259 g/mol. The van der Waals surface area contributed by atoms with Crippen LogP contribution in [-0.4, -0.2) is 4.60 Å². The summed E-state index contributed by atoms with van der Waals surface area (Å²) in [4.78, 5) is 12.5. The Morgan fingerprint density at radius 2 is 2.19 bits per heavy atom. The van der Waals surface area contributed by atoms with Gasteiger partial charge in [-0.05, 0) is 24.4 Å². The third-order valence-corrected chi connectivity index (χ3v) is 6.45. The maximum Gasteiger partial charge on any atom is 0.148 e. The lowest BCUT2D eigenvalue weighted by Crippen LogP contribution is -2.25. The molecule has 2 rings (SSSR count). The average Bonchev–Trinajstić information content (AvgIpc) is 2.31. The minimum absolute atomic E-state index is 0.470. The first kappa shape index (κ1) is 12.4. The topological polar surface area (TPSA) is 36.5 Å². The van der Waals surface area contributed by atoms with Crippen LogP contribution in [0, 0.1) is 0 Å². The summed E-state index contributed by atoms with van der Waals surface area (Å²) in [7, 11) is 0.462. The summed E-state index contributed by atoms with van der Waals surface area (Å²) < 4.78 is 1.95. The number of nitrogens with zero attached hydrogens (tertiary/aromatic N) is 1. The molecule has 0 aromatic heterocycles. The molecule has 2 N–H and O–H groups in total. The monoisotopic (exact) mass is 273 g/mol. The van der Waals surface area contributed by atoms with Gasteiger partial charge in [-0.25, -0.2) is 4.86 Å². The first-order chi connectivity index (χ1) is 7.77. The molecule has 1 aliphatic heterocycles. The molecule has 7 heteroatoms. The third-order valence-electron chi connectivity index (χ3n) is 1.85. The van der Waals surface area contributed by atoms with Crippen LogP contribution in [0.2, 0.25) is 0 Å². The van der Waals surface area contributed by atoms with Crippen LogP contribution in [0.5, 0.6) is 5.75 Å². The molecule has 0 aliphatic carbocycles. The summed E-state index contributed by atoms with van der Waals surface area (Å²) in [6.07, 6.45) is 0. The van der Waals surface area contributed by atoms with E-state index in [0.717, 1.165) is 11.1 Å². The second kappa shape index (κ2) is 6.02. The smallest absolute Gasteiger partial charge is 0.148 e. The second-order valence-corrected chi connectivity index (χ2v) is 8.10. The molecule has 1 saturated heterocycles. The van der Waals surface area contributed by atoms with E-state index < -0.39 is 8.22 Å². The summed E-state index contributed by atoms with van der Waals surface area (Å²) in [5, 5.41) is 1.12. The number of hydrogen-bond donors (Lipinski definition) is 2. The summed E-state index contributed by atoms with van der Waals surface area (Å²) >= 11 is 0. The number of benzene rings is 1. The molecule has 4 nitrogen and oxygen atoms in total. The van der Waals surface area contributed by atoms with E-state index >= 15 is 0 Å². The fourth-order valence-electron chi connectivity index (χ4n) is 1.15. The van der Waals surface area contributed by atoms with Crippen molar-refractivity contribution in [3.63, 3.8) is 0 Å². The molecule has 0 bridgehead atoms. The SMILES string of the molecule is C=C(C)P1NPNPN1Oc1ccccc1. The van der Waals surface area contributed by atoms with Gasteiger partial charge in [0.05, 0.1) is 8.88 Å². The van der Waals surface area contributed by atoms with E-state index in [1.54, 1.807) is 0 Å². The Morgan fingerprint density at radius 3 is 2.88 bits per heavy atom. The maximum absolute atomic E-state index is 5.82. The number of nitrogens with one attached hydrogen (secondary N) is 2. The highest BCUT2D eigenvalue weighted by atomic mass is 31.2. The van der Waals surface area contributed by atoms with Crippen LogP contribution < -0.4 is 14.6 Å². The fraction of sp³-hybridized carbons (Fsp3) is 0.111. The van der Waals surface area contributed by atoms with Gasteiger partial charge in [-0.1, -0.05) is 29.4 Å². The van der Waals surface area contributed by atoms with Gasteiger partial charge in [0.1, 0.15) is 14.0 Å². The van der Waals surface area contributed by atoms with Crippen LogP contribution in [0.3, 0.4) is 0 Å². The minimum Gasteiger partial charge on any atom is -0.396 e. The van der Waals surface area contributed by atoms with Crippen LogP contribution in [0.25, 0.3) is 0 Å². The second-order valence-electron chi connectivity index (χ2n) is 3.20. The lowest BCUT2D eigenvalue weighted by Gasteiger charge is -2.34. The van der Waals surface area contributed by atoms with Gasteiger partial charge in [0.25, 0.3) is 0 Å². The Labute approximate surface area is 100 Å². The zero-order valence-electron chi connectivity index (χ0n) is 8.90. The van der Waals surface area contributed by atoms with Crippen LogP contribution in [0.4, 0.5) is 0 Å². The molecule has 3 unspecified atom stereocenters. The molecule has 1 aromatic carbocycles. The van der Waals surface area contributed by atoms with Crippen molar-refractivity contribution in [2.24, 2.45) is 0 Å². The third kappa shape index (κ3) is 3.21. The normalized spacial score (nSPS) is 24.7. The summed E-state index contributed by atoms with van der Waals surface area (Å²) in [5.74, 6) is 0.859. The molecule has 16 heavy (non-hydrogen) atoms. The number of rotatable bonds is 3.